The molecular weight excluding hydrogens is 358 g/mol. The Balaban J connectivity index is 1.51. The SMILES string of the molecule is Cn1ccc(-c2nnc(NC(=O)CCCS(=O)(=O)c3ccccc3)o2)n1. The van der Waals surface area contributed by atoms with E-state index in [9.17, 15) is 13.2 Å². The number of carbonyl (C=O) groups is 1. The second-order valence-corrected chi connectivity index (χ2v) is 7.68. The van der Waals surface area contributed by atoms with Gasteiger partial charge in [0.05, 0.1) is 10.6 Å². The molecule has 0 bridgehead atoms. The van der Waals surface area contributed by atoms with Crippen LogP contribution in [0, 0.1) is 0 Å². The Kier molecular flexibility index (Phi) is 5.12. The van der Waals surface area contributed by atoms with E-state index in [-0.39, 0.29) is 35.4 Å². The first-order chi connectivity index (χ1) is 12.4. The van der Waals surface area contributed by atoms with Crippen LogP contribution in [0.15, 0.2) is 51.9 Å². The number of hydrogen-bond acceptors (Lipinski definition) is 7. The molecule has 0 fully saturated rings. The number of amides is 1. The molecule has 1 amide bonds. The molecule has 0 spiro atoms. The lowest BCUT2D eigenvalue weighted by atomic mass is 10.3. The Morgan fingerprint density at radius 1 is 1.19 bits per heavy atom. The minimum absolute atomic E-state index is 0.0212. The van der Waals surface area contributed by atoms with Gasteiger partial charge in [-0.25, -0.2) is 8.42 Å². The predicted molar refractivity (Wildman–Crippen MR) is 92.9 cm³/mol. The third-order valence-corrected chi connectivity index (χ3v) is 5.34. The van der Waals surface area contributed by atoms with Crippen LogP contribution in [-0.2, 0) is 21.7 Å². The van der Waals surface area contributed by atoms with Crippen molar-refractivity contribution in [3.63, 3.8) is 0 Å². The zero-order chi connectivity index (χ0) is 18.6. The van der Waals surface area contributed by atoms with Crippen molar-refractivity contribution in [3.05, 3.63) is 42.6 Å². The van der Waals surface area contributed by atoms with E-state index < -0.39 is 15.7 Å². The molecule has 0 radical (unpaired) electrons. The molecule has 0 aliphatic heterocycles. The molecule has 9 nitrogen and oxygen atoms in total. The molecule has 10 heteroatoms. The van der Waals surface area contributed by atoms with Crippen LogP contribution in [0.2, 0.25) is 0 Å². The van der Waals surface area contributed by atoms with Gasteiger partial charge in [0.1, 0.15) is 5.69 Å². The summed E-state index contributed by atoms with van der Waals surface area (Å²) in [4.78, 5) is 12.2. The summed E-state index contributed by atoms with van der Waals surface area (Å²) >= 11 is 0. The van der Waals surface area contributed by atoms with Gasteiger partial charge in [0, 0.05) is 19.7 Å². The average molecular weight is 375 g/mol. The van der Waals surface area contributed by atoms with Gasteiger partial charge in [-0.3, -0.25) is 14.8 Å². The molecule has 0 saturated carbocycles. The van der Waals surface area contributed by atoms with Crippen molar-refractivity contribution in [2.75, 3.05) is 11.1 Å². The molecule has 3 aromatic rings. The molecule has 1 N–H and O–H groups in total. The summed E-state index contributed by atoms with van der Waals surface area (Å²) < 4.78 is 31.2. The van der Waals surface area contributed by atoms with Crippen LogP contribution in [-0.4, -0.2) is 40.1 Å². The summed E-state index contributed by atoms with van der Waals surface area (Å²) in [5.41, 5.74) is 0.495. The summed E-state index contributed by atoms with van der Waals surface area (Å²) in [5.74, 6) is -0.329. The Morgan fingerprint density at radius 2 is 1.96 bits per heavy atom. The molecule has 0 atom stereocenters. The fourth-order valence-corrected chi connectivity index (χ4v) is 3.59. The van der Waals surface area contributed by atoms with Crippen molar-refractivity contribution in [1.82, 2.24) is 20.0 Å². The van der Waals surface area contributed by atoms with E-state index in [4.69, 9.17) is 4.42 Å². The molecule has 0 aliphatic carbocycles. The van der Waals surface area contributed by atoms with Gasteiger partial charge in [-0.15, -0.1) is 5.10 Å². The number of rotatable bonds is 7. The normalized spacial score (nSPS) is 11.4. The summed E-state index contributed by atoms with van der Waals surface area (Å²) in [6, 6.07) is 9.79. The minimum Gasteiger partial charge on any atom is -0.401 e. The molecule has 2 aromatic heterocycles. The number of anilines is 1. The molecule has 3 rings (SSSR count). The van der Waals surface area contributed by atoms with Crippen molar-refractivity contribution >= 4 is 21.8 Å². The van der Waals surface area contributed by atoms with E-state index in [1.54, 1.807) is 42.2 Å². The largest absolute Gasteiger partial charge is 0.401 e. The van der Waals surface area contributed by atoms with E-state index >= 15 is 0 Å². The second kappa shape index (κ2) is 7.48. The van der Waals surface area contributed by atoms with Gasteiger partial charge in [-0.2, -0.15) is 5.10 Å². The van der Waals surface area contributed by atoms with Gasteiger partial charge in [0.25, 0.3) is 5.89 Å². The molecule has 2 heterocycles. The van der Waals surface area contributed by atoms with Crippen LogP contribution >= 0.6 is 0 Å². The highest BCUT2D eigenvalue weighted by Crippen LogP contribution is 2.17. The van der Waals surface area contributed by atoms with Crippen molar-refractivity contribution in [1.29, 1.82) is 0 Å². The van der Waals surface area contributed by atoms with Gasteiger partial charge in [0.2, 0.25) is 5.91 Å². The van der Waals surface area contributed by atoms with Gasteiger partial charge in [-0.05, 0) is 24.6 Å². The number of benzene rings is 1. The summed E-state index contributed by atoms with van der Waals surface area (Å²) in [6.45, 7) is 0. The quantitative estimate of drug-likeness (QED) is 0.667. The number of nitrogens with one attached hydrogen (secondary N) is 1. The van der Waals surface area contributed by atoms with Crippen LogP contribution in [0.25, 0.3) is 11.6 Å². The standard InChI is InChI=1S/C16H17N5O4S/c1-21-10-9-13(20-21)15-18-19-16(25-15)17-14(22)8-5-11-26(23,24)12-6-3-2-4-7-12/h2-4,6-7,9-10H,5,8,11H2,1H3,(H,17,19,22). The topological polar surface area (TPSA) is 120 Å². The van der Waals surface area contributed by atoms with E-state index in [2.05, 4.69) is 20.6 Å². The number of carbonyl (C=O) groups excluding carboxylic acids is 1. The third kappa shape index (κ3) is 4.33. The number of sulfone groups is 1. The molecule has 0 aliphatic rings. The molecule has 0 saturated heterocycles. The highest BCUT2D eigenvalue weighted by molar-refractivity contribution is 7.91. The number of nitrogens with zero attached hydrogens (tertiary/aromatic N) is 4. The summed E-state index contributed by atoms with van der Waals surface area (Å²) in [5, 5.41) is 14.1. The van der Waals surface area contributed by atoms with Crippen LogP contribution < -0.4 is 5.32 Å². The zero-order valence-electron chi connectivity index (χ0n) is 14.0. The molecule has 1 aromatic carbocycles. The fraction of sp³-hybridized carbons (Fsp3) is 0.250. The smallest absolute Gasteiger partial charge is 0.322 e. The highest BCUT2D eigenvalue weighted by Gasteiger charge is 2.16. The maximum Gasteiger partial charge on any atom is 0.322 e. The fourth-order valence-electron chi connectivity index (χ4n) is 2.26. The lowest BCUT2D eigenvalue weighted by molar-refractivity contribution is -0.116. The van der Waals surface area contributed by atoms with E-state index in [1.165, 1.54) is 12.1 Å². The van der Waals surface area contributed by atoms with E-state index in [0.717, 1.165) is 0 Å². The van der Waals surface area contributed by atoms with Crippen LogP contribution in [0.1, 0.15) is 12.8 Å². The van der Waals surface area contributed by atoms with Gasteiger partial charge >= 0.3 is 6.01 Å². The monoisotopic (exact) mass is 375 g/mol. The Hall–Kier alpha value is -3.01. The first-order valence-corrected chi connectivity index (χ1v) is 9.50. The summed E-state index contributed by atoms with van der Waals surface area (Å²) in [7, 11) is -1.64. The zero-order valence-corrected chi connectivity index (χ0v) is 14.8. The summed E-state index contributed by atoms with van der Waals surface area (Å²) in [6.07, 6.45) is 1.93. The number of hydrogen-bond donors (Lipinski definition) is 1. The van der Waals surface area contributed by atoms with Gasteiger partial charge in [0.15, 0.2) is 9.84 Å². The van der Waals surface area contributed by atoms with E-state index in [0.29, 0.717) is 5.69 Å². The minimum atomic E-state index is -3.40. The number of aromatic nitrogens is 4. The molecule has 136 valence electrons. The predicted octanol–water partition coefficient (Wildman–Crippen LogP) is 1.66. The Labute approximate surface area is 150 Å². The first-order valence-electron chi connectivity index (χ1n) is 7.85. The third-order valence-electron chi connectivity index (χ3n) is 3.52. The van der Waals surface area contributed by atoms with Crippen molar-refractivity contribution < 1.29 is 17.6 Å². The van der Waals surface area contributed by atoms with Crippen molar-refractivity contribution in [3.8, 4) is 11.6 Å². The lowest BCUT2D eigenvalue weighted by Gasteiger charge is -2.04. The highest BCUT2D eigenvalue weighted by atomic mass is 32.2. The van der Waals surface area contributed by atoms with E-state index in [1.807, 2.05) is 0 Å². The Bertz CT molecular complexity index is 995. The maximum atomic E-state index is 12.2. The molecular formula is C16H17N5O4S. The first kappa shape index (κ1) is 17.8. The average Bonchev–Trinajstić information content (AvgIpc) is 3.24. The lowest BCUT2D eigenvalue weighted by Crippen LogP contribution is -2.14. The van der Waals surface area contributed by atoms with Gasteiger partial charge in [-0.1, -0.05) is 23.3 Å². The van der Waals surface area contributed by atoms with Crippen molar-refractivity contribution in [2.45, 2.75) is 17.7 Å². The molecule has 0 unspecified atom stereocenters. The van der Waals surface area contributed by atoms with Crippen LogP contribution in [0.5, 0.6) is 0 Å². The van der Waals surface area contributed by atoms with Crippen LogP contribution in [0.4, 0.5) is 6.01 Å². The van der Waals surface area contributed by atoms with Crippen LogP contribution in [0.3, 0.4) is 0 Å². The van der Waals surface area contributed by atoms with Crippen molar-refractivity contribution in [2.24, 2.45) is 7.05 Å². The van der Waals surface area contributed by atoms with Gasteiger partial charge < -0.3 is 4.42 Å². The second-order valence-electron chi connectivity index (χ2n) is 5.57. The molecule has 26 heavy (non-hydrogen) atoms. The Morgan fingerprint density at radius 3 is 2.65 bits per heavy atom. The maximum absolute atomic E-state index is 12.2. The number of aryl methyl sites for hydroxylation is 1.